The number of fused-ring (bicyclic) bond motifs is 4. The van der Waals surface area contributed by atoms with Crippen LogP contribution >= 0.6 is 11.3 Å². The van der Waals surface area contributed by atoms with Crippen LogP contribution in [0.3, 0.4) is 0 Å². The lowest BCUT2D eigenvalue weighted by Crippen LogP contribution is -2.55. The normalized spacial score (nSPS) is 20.4. The van der Waals surface area contributed by atoms with E-state index in [9.17, 15) is 24.6 Å². The van der Waals surface area contributed by atoms with Gasteiger partial charge in [-0.05, 0) is 134 Å². The van der Waals surface area contributed by atoms with Crippen LogP contribution in [0.1, 0.15) is 67.7 Å². The van der Waals surface area contributed by atoms with Crippen molar-refractivity contribution in [3.63, 3.8) is 0 Å². The van der Waals surface area contributed by atoms with Crippen molar-refractivity contribution in [1.29, 1.82) is 0 Å². The number of esters is 1. The van der Waals surface area contributed by atoms with Crippen molar-refractivity contribution >= 4 is 34.1 Å². The molecule has 2 bridgehead atoms. The average molecular weight is 819 g/mol. The first-order valence-electron chi connectivity index (χ1n) is 21.1. The van der Waals surface area contributed by atoms with Gasteiger partial charge in [0, 0.05) is 43.2 Å². The number of benzene rings is 3. The summed E-state index contributed by atoms with van der Waals surface area (Å²) in [6, 6.07) is 24.3. The van der Waals surface area contributed by atoms with Crippen molar-refractivity contribution in [2.24, 2.45) is 5.92 Å². The first-order chi connectivity index (χ1) is 28.8. The lowest BCUT2D eigenvalue weighted by Gasteiger charge is -2.46. The highest BCUT2D eigenvalue weighted by Gasteiger charge is 2.47. The van der Waals surface area contributed by atoms with Crippen LogP contribution in [0.15, 0.2) is 94.4 Å². The van der Waals surface area contributed by atoms with Crippen LogP contribution in [0.2, 0.25) is 0 Å². The number of likely N-dealkylation sites (tertiary alicyclic amines) is 1. The minimum absolute atomic E-state index is 0.0303. The molecule has 4 aliphatic heterocycles. The number of carbonyl (C=O) groups excluding carboxylic acids is 2. The second-order valence-electron chi connectivity index (χ2n) is 16.3. The summed E-state index contributed by atoms with van der Waals surface area (Å²) in [6.07, 6.45) is 5.36. The van der Waals surface area contributed by atoms with Gasteiger partial charge >= 0.3 is 5.97 Å². The minimum atomic E-state index is -0.796. The fourth-order valence-electron chi connectivity index (χ4n) is 9.15. The lowest BCUT2D eigenvalue weighted by atomic mass is 9.72. The van der Waals surface area contributed by atoms with E-state index in [1.807, 2.05) is 52.7 Å². The third-order valence-corrected chi connectivity index (χ3v) is 13.3. The smallest absolute Gasteiger partial charge is 0.317 e. The van der Waals surface area contributed by atoms with E-state index in [0.717, 1.165) is 86.3 Å². The highest BCUT2D eigenvalue weighted by Crippen LogP contribution is 2.40. The molecule has 0 spiro atoms. The van der Waals surface area contributed by atoms with Crippen molar-refractivity contribution < 1.29 is 29.3 Å². The molecule has 4 aliphatic rings. The van der Waals surface area contributed by atoms with Gasteiger partial charge in [-0.3, -0.25) is 19.3 Å². The van der Waals surface area contributed by atoms with Crippen molar-refractivity contribution in [2.45, 2.75) is 69.0 Å². The van der Waals surface area contributed by atoms with E-state index in [1.165, 1.54) is 12.1 Å². The fraction of sp³-hybridized carbons (Fsp3) is 0.426. The zero-order valence-electron chi connectivity index (χ0n) is 33.4. The topological polar surface area (TPSA) is 144 Å². The number of hydrogen-bond acceptors (Lipinski definition) is 10. The van der Waals surface area contributed by atoms with E-state index < -0.39 is 11.5 Å². The largest absolute Gasteiger partial charge is 0.506 e. The molecule has 59 heavy (non-hydrogen) atoms. The number of aliphatic hydroxyl groups is 1. The number of ether oxygens (including phenoxy) is 2. The number of phenolic OH excluding ortho intramolecular Hbond substituents is 1. The standard InChI is InChI=1S/C47H54N4O7S/c52-39-12-10-36(37-11-14-43(54)49-45(37)39)40(53)29-48-20-5-2-6-25-57-41-13-9-32(27-38(41)34-17-26-59-31-34)28-44(55)51-23-18-47(19-24-51,35-7-3-1-4-8-35)46(56)58-42-30-50-21-15-33(42)16-22-50/h1,3-4,7-14,17,26-27,31,33,40,42,48,52-53H,2,5-6,15-16,18-25,28-30H2,(H,49,54)/t40?,42-/m0/s1. The Morgan fingerprint density at radius 2 is 1.76 bits per heavy atom. The number of amides is 1. The molecule has 4 N–H and O–H groups in total. The molecule has 5 aromatic rings. The Labute approximate surface area is 349 Å². The van der Waals surface area contributed by atoms with E-state index in [1.54, 1.807) is 23.5 Å². The quantitative estimate of drug-likeness (QED) is 0.0642. The molecule has 0 saturated carbocycles. The number of piperidine rings is 4. The van der Waals surface area contributed by atoms with Gasteiger partial charge in [0.05, 0.1) is 30.1 Å². The number of nitrogens with zero attached hydrogens (tertiary/aromatic N) is 2. The van der Waals surface area contributed by atoms with Gasteiger partial charge in [-0.2, -0.15) is 11.3 Å². The molecule has 2 aromatic heterocycles. The first kappa shape index (κ1) is 40.8. The molecule has 6 heterocycles. The fourth-order valence-corrected chi connectivity index (χ4v) is 9.81. The Bertz CT molecular complexity index is 2260. The number of aromatic nitrogens is 1. The molecular weight excluding hydrogens is 765 g/mol. The summed E-state index contributed by atoms with van der Waals surface area (Å²) in [6.45, 7) is 5.61. The molecule has 3 aromatic carbocycles. The summed E-state index contributed by atoms with van der Waals surface area (Å²) >= 11 is 1.62. The van der Waals surface area contributed by atoms with E-state index in [-0.39, 0.29) is 35.7 Å². The second kappa shape index (κ2) is 18.5. The Kier molecular flexibility index (Phi) is 12.8. The molecule has 1 unspecified atom stereocenters. The Hall–Kier alpha value is -5.01. The third-order valence-electron chi connectivity index (χ3n) is 12.6. The van der Waals surface area contributed by atoms with Crippen molar-refractivity contribution in [3.05, 3.63) is 117 Å². The average Bonchev–Trinajstić information content (AvgIpc) is 3.81. The number of nitrogens with one attached hydrogen (secondary N) is 2. The summed E-state index contributed by atoms with van der Waals surface area (Å²) in [7, 11) is 0. The van der Waals surface area contributed by atoms with Crippen LogP contribution in [0.5, 0.6) is 11.5 Å². The number of rotatable bonds is 16. The van der Waals surface area contributed by atoms with Crippen LogP contribution in [-0.4, -0.2) is 95.4 Å². The van der Waals surface area contributed by atoms with E-state index in [0.29, 0.717) is 61.5 Å². The predicted molar refractivity (Wildman–Crippen MR) is 230 cm³/mol. The second-order valence-corrected chi connectivity index (χ2v) is 17.1. The molecule has 2 atom stereocenters. The number of aliphatic hydroxyl groups excluding tert-OH is 1. The van der Waals surface area contributed by atoms with Gasteiger partial charge in [0.2, 0.25) is 11.5 Å². The zero-order chi connectivity index (χ0) is 40.8. The number of unbranched alkanes of at least 4 members (excludes halogenated alkanes) is 2. The monoisotopic (exact) mass is 818 g/mol. The highest BCUT2D eigenvalue weighted by molar-refractivity contribution is 7.08. The van der Waals surface area contributed by atoms with E-state index >= 15 is 0 Å². The number of pyridine rings is 1. The number of phenols is 1. The van der Waals surface area contributed by atoms with Gasteiger partial charge in [-0.25, -0.2) is 0 Å². The maximum atomic E-state index is 14.1. The predicted octanol–water partition coefficient (Wildman–Crippen LogP) is 6.57. The number of aromatic hydroxyl groups is 1. The van der Waals surface area contributed by atoms with Crippen LogP contribution in [0.25, 0.3) is 22.0 Å². The van der Waals surface area contributed by atoms with Gasteiger partial charge in [0.15, 0.2) is 0 Å². The van der Waals surface area contributed by atoms with Crippen molar-refractivity contribution in [2.75, 3.05) is 52.4 Å². The van der Waals surface area contributed by atoms with Gasteiger partial charge in [-0.1, -0.05) is 42.5 Å². The summed E-state index contributed by atoms with van der Waals surface area (Å²) in [5, 5.41) is 29.0. The van der Waals surface area contributed by atoms with Crippen LogP contribution in [0.4, 0.5) is 0 Å². The SMILES string of the molecule is O=C(Cc1ccc(OCCCCCNCC(O)c2ccc(O)c3[nH]c(=O)ccc23)c(-c2ccsc2)c1)N1CCC(C(=O)O[C@H]2CN3CCC2CC3)(c2ccccc2)CC1. The Balaban J connectivity index is 0.820. The van der Waals surface area contributed by atoms with Crippen LogP contribution in [0, 0.1) is 5.92 Å². The highest BCUT2D eigenvalue weighted by atomic mass is 32.1. The number of carbonyl (C=O) groups is 2. The molecule has 1 amide bonds. The minimum Gasteiger partial charge on any atom is -0.506 e. The molecule has 4 saturated heterocycles. The summed E-state index contributed by atoms with van der Waals surface area (Å²) in [5.74, 6) is 1.11. The van der Waals surface area contributed by atoms with Gasteiger partial charge in [0.1, 0.15) is 17.6 Å². The summed E-state index contributed by atoms with van der Waals surface area (Å²) in [5.41, 5.74) is 3.81. The molecule has 4 fully saturated rings. The molecule has 9 rings (SSSR count). The third kappa shape index (κ3) is 9.26. The Morgan fingerprint density at radius 3 is 2.51 bits per heavy atom. The molecule has 0 radical (unpaired) electrons. The molecule has 310 valence electrons. The van der Waals surface area contributed by atoms with Gasteiger partial charge in [0.25, 0.3) is 0 Å². The Morgan fingerprint density at radius 1 is 0.949 bits per heavy atom. The maximum Gasteiger partial charge on any atom is 0.317 e. The maximum absolute atomic E-state index is 14.1. The first-order valence-corrected chi connectivity index (χ1v) is 22.0. The lowest BCUT2D eigenvalue weighted by molar-refractivity contribution is -0.168. The summed E-state index contributed by atoms with van der Waals surface area (Å²) in [4.78, 5) is 46.6. The van der Waals surface area contributed by atoms with Gasteiger partial charge < -0.3 is 34.9 Å². The number of aromatic amines is 1. The van der Waals surface area contributed by atoms with Crippen molar-refractivity contribution in [1.82, 2.24) is 20.1 Å². The zero-order valence-corrected chi connectivity index (χ0v) is 34.3. The van der Waals surface area contributed by atoms with Gasteiger partial charge in [-0.15, -0.1) is 0 Å². The van der Waals surface area contributed by atoms with E-state index in [4.69, 9.17) is 9.47 Å². The number of thiophene rings is 1. The van der Waals surface area contributed by atoms with E-state index in [2.05, 4.69) is 32.7 Å². The number of hydrogen-bond donors (Lipinski definition) is 4. The molecule has 0 aliphatic carbocycles. The van der Waals surface area contributed by atoms with Crippen LogP contribution in [-0.2, 0) is 26.2 Å². The molecule has 12 heteroatoms. The number of H-pyrrole nitrogens is 1. The molecule has 11 nitrogen and oxygen atoms in total. The summed E-state index contributed by atoms with van der Waals surface area (Å²) < 4.78 is 12.7. The van der Waals surface area contributed by atoms with Crippen molar-refractivity contribution in [3.8, 4) is 22.6 Å². The van der Waals surface area contributed by atoms with Crippen LogP contribution < -0.4 is 15.6 Å². The molecular formula is C47H54N4O7S.